The van der Waals surface area contributed by atoms with Crippen LogP contribution < -0.4 is 16.4 Å². The second-order valence-electron chi connectivity index (χ2n) is 6.54. The number of hydrogen-bond acceptors (Lipinski definition) is 4. The molecule has 1 rings (SSSR count). The average Bonchev–Trinajstić information content (AvgIpc) is 2.56. The minimum atomic E-state index is -0.808. The molecule has 1 aromatic carbocycles. The Labute approximate surface area is 148 Å². The van der Waals surface area contributed by atoms with Gasteiger partial charge in [-0.3, -0.25) is 4.79 Å². The van der Waals surface area contributed by atoms with Gasteiger partial charge in [0.2, 0.25) is 5.91 Å². The lowest BCUT2D eigenvalue weighted by atomic mass is 10.1. The average molecular weight is 353 g/mol. The Balaban J connectivity index is 2.63. The number of halogens is 1. The first-order valence-corrected chi connectivity index (χ1v) is 8.49. The Hall–Kier alpha value is -2.15. The van der Waals surface area contributed by atoms with E-state index < -0.39 is 17.7 Å². The summed E-state index contributed by atoms with van der Waals surface area (Å²) in [5, 5.41) is 5.30. The predicted octanol–water partition coefficient (Wildman–Crippen LogP) is 2.46. The van der Waals surface area contributed by atoms with E-state index in [2.05, 4.69) is 10.6 Å². The van der Waals surface area contributed by atoms with E-state index in [1.807, 2.05) is 6.92 Å². The molecule has 0 aliphatic carbocycles. The molecule has 0 aliphatic rings. The Bertz CT molecular complexity index is 578. The SMILES string of the molecule is CCCCC(NC(=O)OC(C)(C)CN)C(=O)NCc1cccc(F)c1. The maximum absolute atomic E-state index is 13.2. The fourth-order valence-electron chi connectivity index (χ4n) is 2.10. The van der Waals surface area contributed by atoms with E-state index >= 15 is 0 Å². The van der Waals surface area contributed by atoms with Crippen molar-refractivity contribution in [3.05, 3.63) is 35.6 Å². The van der Waals surface area contributed by atoms with Crippen LogP contribution in [0.2, 0.25) is 0 Å². The molecule has 1 aromatic rings. The van der Waals surface area contributed by atoms with Crippen LogP contribution in [0.1, 0.15) is 45.6 Å². The fourth-order valence-corrected chi connectivity index (χ4v) is 2.10. The second kappa shape index (κ2) is 9.98. The number of hydrogen-bond donors (Lipinski definition) is 3. The molecular formula is C18H28FN3O3. The van der Waals surface area contributed by atoms with Crippen LogP contribution in [-0.4, -0.2) is 30.2 Å². The Kier molecular flexibility index (Phi) is 8.34. The molecule has 0 aromatic heterocycles. The van der Waals surface area contributed by atoms with Crippen molar-refractivity contribution in [2.24, 2.45) is 5.73 Å². The van der Waals surface area contributed by atoms with Gasteiger partial charge in [-0.1, -0.05) is 31.9 Å². The lowest BCUT2D eigenvalue weighted by Gasteiger charge is -2.25. The monoisotopic (exact) mass is 353 g/mol. The molecule has 0 radical (unpaired) electrons. The number of amides is 2. The van der Waals surface area contributed by atoms with Crippen molar-refractivity contribution in [2.75, 3.05) is 6.54 Å². The summed E-state index contributed by atoms with van der Waals surface area (Å²) in [6.45, 7) is 5.74. The van der Waals surface area contributed by atoms with Gasteiger partial charge in [-0.25, -0.2) is 9.18 Å². The van der Waals surface area contributed by atoms with E-state index in [9.17, 15) is 14.0 Å². The highest BCUT2D eigenvalue weighted by Crippen LogP contribution is 2.09. The van der Waals surface area contributed by atoms with E-state index in [0.29, 0.717) is 12.0 Å². The van der Waals surface area contributed by atoms with Gasteiger partial charge in [0.15, 0.2) is 0 Å². The van der Waals surface area contributed by atoms with E-state index in [-0.39, 0.29) is 24.8 Å². The number of alkyl carbamates (subject to hydrolysis) is 1. The normalized spacial score (nSPS) is 12.4. The summed E-state index contributed by atoms with van der Waals surface area (Å²) >= 11 is 0. The van der Waals surface area contributed by atoms with Crippen LogP contribution in [0.25, 0.3) is 0 Å². The molecule has 0 saturated heterocycles. The molecule has 7 heteroatoms. The number of unbranched alkanes of at least 4 members (excludes halogenated alkanes) is 1. The van der Waals surface area contributed by atoms with E-state index in [4.69, 9.17) is 10.5 Å². The van der Waals surface area contributed by atoms with Gasteiger partial charge in [0.05, 0.1) is 0 Å². The molecular weight excluding hydrogens is 325 g/mol. The highest BCUT2D eigenvalue weighted by atomic mass is 19.1. The number of carbonyl (C=O) groups excluding carboxylic acids is 2. The zero-order chi connectivity index (χ0) is 18.9. The predicted molar refractivity (Wildman–Crippen MR) is 94.3 cm³/mol. The molecule has 0 spiro atoms. The van der Waals surface area contributed by atoms with Gasteiger partial charge in [0.1, 0.15) is 17.5 Å². The van der Waals surface area contributed by atoms with Crippen LogP contribution in [0.3, 0.4) is 0 Å². The molecule has 0 aliphatic heterocycles. The summed E-state index contributed by atoms with van der Waals surface area (Å²) in [6, 6.07) is 5.28. The van der Waals surface area contributed by atoms with Gasteiger partial charge < -0.3 is 21.1 Å². The maximum Gasteiger partial charge on any atom is 0.408 e. The van der Waals surface area contributed by atoms with Crippen molar-refractivity contribution in [3.63, 3.8) is 0 Å². The van der Waals surface area contributed by atoms with Crippen LogP contribution in [0.15, 0.2) is 24.3 Å². The Morgan fingerprint density at radius 1 is 1.36 bits per heavy atom. The first-order chi connectivity index (χ1) is 11.8. The highest BCUT2D eigenvalue weighted by Gasteiger charge is 2.25. The summed E-state index contributed by atoms with van der Waals surface area (Å²) in [6.07, 6.45) is 1.47. The van der Waals surface area contributed by atoms with Crippen molar-refractivity contribution < 1.29 is 18.7 Å². The number of rotatable bonds is 9. The Morgan fingerprint density at radius 3 is 2.68 bits per heavy atom. The third kappa shape index (κ3) is 7.98. The third-order valence-corrected chi connectivity index (χ3v) is 3.67. The number of carbonyl (C=O) groups is 2. The first kappa shape index (κ1) is 20.9. The number of nitrogens with one attached hydrogen (secondary N) is 2. The van der Waals surface area contributed by atoms with Crippen molar-refractivity contribution in [1.29, 1.82) is 0 Å². The molecule has 0 bridgehead atoms. The molecule has 2 amide bonds. The van der Waals surface area contributed by atoms with Crippen molar-refractivity contribution in [3.8, 4) is 0 Å². The third-order valence-electron chi connectivity index (χ3n) is 3.67. The zero-order valence-corrected chi connectivity index (χ0v) is 15.1. The van der Waals surface area contributed by atoms with E-state index in [1.165, 1.54) is 12.1 Å². The molecule has 0 fully saturated rings. The molecule has 140 valence electrons. The van der Waals surface area contributed by atoms with Gasteiger partial charge in [-0.2, -0.15) is 0 Å². The highest BCUT2D eigenvalue weighted by molar-refractivity contribution is 5.85. The summed E-state index contributed by atoms with van der Waals surface area (Å²) in [4.78, 5) is 24.4. The maximum atomic E-state index is 13.2. The summed E-state index contributed by atoms with van der Waals surface area (Å²) < 4.78 is 18.4. The van der Waals surface area contributed by atoms with Gasteiger partial charge >= 0.3 is 6.09 Å². The Morgan fingerprint density at radius 2 is 2.08 bits per heavy atom. The van der Waals surface area contributed by atoms with Gasteiger partial charge in [-0.15, -0.1) is 0 Å². The smallest absolute Gasteiger partial charge is 0.408 e. The molecule has 1 atom stereocenters. The van der Waals surface area contributed by atoms with Crippen LogP contribution in [0.5, 0.6) is 0 Å². The first-order valence-electron chi connectivity index (χ1n) is 8.49. The summed E-state index contributed by atoms with van der Waals surface area (Å²) in [5.41, 5.74) is 5.37. The molecule has 0 heterocycles. The molecule has 1 unspecified atom stereocenters. The van der Waals surface area contributed by atoms with Crippen LogP contribution in [-0.2, 0) is 16.1 Å². The molecule has 0 saturated carbocycles. The van der Waals surface area contributed by atoms with Gasteiger partial charge in [0, 0.05) is 13.1 Å². The van der Waals surface area contributed by atoms with Crippen LogP contribution >= 0.6 is 0 Å². The number of benzene rings is 1. The number of ether oxygens (including phenoxy) is 1. The topological polar surface area (TPSA) is 93.4 Å². The fraction of sp³-hybridized carbons (Fsp3) is 0.556. The number of nitrogens with two attached hydrogens (primary N) is 1. The van der Waals surface area contributed by atoms with Gasteiger partial charge in [0.25, 0.3) is 0 Å². The van der Waals surface area contributed by atoms with Crippen LogP contribution in [0.4, 0.5) is 9.18 Å². The van der Waals surface area contributed by atoms with Crippen molar-refractivity contribution in [2.45, 2.75) is 58.2 Å². The minimum Gasteiger partial charge on any atom is -0.442 e. The standard InChI is InChI=1S/C18H28FN3O3/c1-4-5-9-15(22-17(24)25-18(2,3)12-20)16(23)21-11-13-7-6-8-14(19)10-13/h6-8,10,15H,4-5,9,11-12,20H2,1-3H3,(H,21,23)(H,22,24). The zero-order valence-electron chi connectivity index (χ0n) is 15.1. The van der Waals surface area contributed by atoms with E-state index in [0.717, 1.165) is 12.8 Å². The quantitative estimate of drug-likeness (QED) is 0.636. The molecule has 4 N–H and O–H groups in total. The van der Waals surface area contributed by atoms with Gasteiger partial charge in [-0.05, 0) is 38.0 Å². The van der Waals surface area contributed by atoms with E-state index in [1.54, 1.807) is 26.0 Å². The summed E-state index contributed by atoms with van der Waals surface area (Å²) in [5.74, 6) is -0.694. The summed E-state index contributed by atoms with van der Waals surface area (Å²) in [7, 11) is 0. The van der Waals surface area contributed by atoms with Crippen LogP contribution in [0, 0.1) is 5.82 Å². The minimum absolute atomic E-state index is 0.172. The lowest BCUT2D eigenvalue weighted by Crippen LogP contribution is -2.49. The van der Waals surface area contributed by atoms with Crippen molar-refractivity contribution >= 4 is 12.0 Å². The second-order valence-corrected chi connectivity index (χ2v) is 6.54. The largest absolute Gasteiger partial charge is 0.442 e. The van der Waals surface area contributed by atoms with Crippen molar-refractivity contribution in [1.82, 2.24) is 10.6 Å². The lowest BCUT2D eigenvalue weighted by molar-refractivity contribution is -0.123. The molecule has 6 nitrogen and oxygen atoms in total. The molecule has 25 heavy (non-hydrogen) atoms.